The van der Waals surface area contributed by atoms with Crippen molar-refractivity contribution in [3.8, 4) is 6.07 Å². The Morgan fingerprint density at radius 1 is 1.28 bits per heavy atom. The quantitative estimate of drug-likeness (QED) is 0.280. The van der Waals surface area contributed by atoms with Gasteiger partial charge in [-0.25, -0.2) is 4.98 Å². The van der Waals surface area contributed by atoms with E-state index in [4.69, 9.17) is 10.4 Å². The van der Waals surface area contributed by atoms with Crippen LogP contribution in [0.4, 0.5) is 0 Å². The monoisotopic (exact) mass is 506 g/mol. The Hall–Kier alpha value is -3.18. The number of carbonyl (C=O) groups excluding carboxylic acids is 1. The third-order valence-electron chi connectivity index (χ3n) is 5.44. The number of nitrogens with one attached hydrogen (secondary N) is 2. The smallest absolute Gasteiger partial charge is 0.256 e. The Morgan fingerprint density at radius 3 is 2.56 bits per heavy atom. The fourth-order valence-corrected chi connectivity index (χ4v) is 4.27. The fourth-order valence-electron chi connectivity index (χ4n) is 3.74. The van der Waals surface area contributed by atoms with Gasteiger partial charge in [0.2, 0.25) is 0 Å². The summed E-state index contributed by atoms with van der Waals surface area (Å²) in [6, 6.07) is 11.7. The van der Waals surface area contributed by atoms with Crippen LogP contribution in [0, 0.1) is 17.2 Å². The van der Waals surface area contributed by atoms with E-state index in [0.717, 1.165) is 64.7 Å². The molecule has 1 heterocycles. The predicted molar refractivity (Wildman–Crippen MR) is 151 cm³/mol. The number of nitrogens with zero attached hydrogens (tertiary/aromatic N) is 2. The Bertz CT molecular complexity index is 1180. The van der Waals surface area contributed by atoms with Crippen LogP contribution in [0.1, 0.15) is 57.3 Å². The lowest BCUT2D eigenvalue weighted by molar-refractivity contribution is 0.0967. The van der Waals surface area contributed by atoms with Gasteiger partial charge in [0, 0.05) is 23.8 Å². The highest BCUT2D eigenvalue weighted by Gasteiger charge is 2.17. The first kappa shape index (κ1) is 30.9. The molecular formula is C29H38N4O2S. The predicted octanol–water partition coefficient (Wildman–Crippen LogP) is 6.48. The summed E-state index contributed by atoms with van der Waals surface area (Å²) < 4.78 is 3.02. The van der Waals surface area contributed by atoms with Crippen molar-refractivity contribution in [1.29, 1.82) is 5.26 Å². The number of aromatic nitrogens is 1. The number of nitriles is 1. The maximum absolute atomic E-state index is 13.3. The van der Waals surface area contributed by atoms with Crippen LogP contribution in [0.25, 0.3) is 10.9 Å². The summed E-state index contributed by atoms with van der Waals surface area (Å²) in [6.07, 6.45) is 8.65. The summed E-state index contributed by atoms with van der Waals surface area (Å²) in [7, 11) is 2.82. The Morgan fingerprint density at radius 2 is 1.97 bits per heavy atom. The van der Waals surface area contributed by atoms with E-state index in [1.165, 1.54) is 11.9 Å². The Labute approximate surface area is 220 Å². The maximum Gasteiger partial charge on any atom is 0.256 e. The van der Waals surface area contributed by atoms with Crippen molar-refractivity contribution in [3.05, 3.63) is 83.1 Å². The van der Waals surface area contributed by atoms with Gasteiger partial charge < -0.3 is 10.4 Å². The second-order valence-corrected chi connectivity index (χ2v) is 8.92. The minimum atomic E-state index is -0.168. The lowest BCUT2D eigenvalue weighted by Gasteiger charge is -2.18. The van der Waals surface area contributed by atoms with E-state index >= 15 is 0 Å². The molecule has 2 aromatic rings. The van der Waals surface area contributed by atoms with E-state index < -0.39 is 0 Å². The van der Waals surface area contributed by atoms with Gasteiger partial charge in [-0.15, -0.1) is 0 Å². The molecule has 7 heteroatoms. The van der Waals surface area contributed by atoms with Gasteiger partial charge in [-0.2, -0.15) is 5.26 Å². The molecule has 192 valence electrons. The molecule has 36 heavy (non-hydrogen) atoms. The molecule has 1 aliphatic rings. The number of fused-ring (bicyclic) bond motifs is 1. The summed E-state index contributed by atoms with van der Waals surface area (Å²) in [5, 5.41) is 20.6. The highest BCUT2D eigenvalue weighted by molar-refractivity contribution is 7.97. The molecule has 3 rings (SSSR count). The van der Waals surface area contributed by atoms with Crippen LogP contribution in [0.15, 0.2) is 82.6 Å². The van der Waals surface area contributed by atoms with Crippen LogP contribution in [0.3, 0.4) is 0 Å². The van der Waals surface area contributed by atoms with E-state index in [0.29, 0.717) is 11.5 Å². The van der Waals surface area contributed by atoms with E-state index in [-0.39, 0.29) is 5.91 Å². The molecule has 0 radical (unpaired) electrons. The molecule has 0 fully saturated rings. The standard InChI is InChI=1S/C26H28N4OS.C2H6.CH4O/c1-17(2)25(18(3)9-10-19-11-13-20(16-27)14-12-19)30-26(31)22-15-24(32-28-4)29-23-8-6-5-7-21(22)23;2*1-2/h5-8,11,13-15,19,28H,1,9-10,12H2,2-4H3,(H,30,31);1-2H3;2H,1H3/b25-18+;;. The molecule has 0 aliphatic heterocycles. The van der Waals surface area contributed by atoms with Crippen molar-refractivity contribution in [2.75, 3.05) is 14.2 Å². The number of rotatable bonds is 8. The van der Waals surface area contributed by atoms with Gasteiger partial charge in [-0.1, -0.05) is 50.8 Å². The van der Waals surface area contributed by atoms with E-state index in [1.54, 1.807) is 0 Å². The van der Waals surface area contributed by atoms with Crippen molar-refractivity contribution < 1.29 is 9.90 Å². The summed E-state index contributed by atoms with van der Waals surface area (Å²) >= 11 is 1.38. The Balaban J connectivity index is 0.00000154. The fraction of sp³-hybridized carbons (Fsp3) is 0.345. The van der Waals surface area contributed by atoms with E-state index in [1.807, 2.05) is 77.2 Å². The third kappa shape index (κ3) is 8.80. The zero-order chi connectivity index (χ0) is 27.1. The second-order valence-electron chi connectivity index (χ2n) is 7.89. The number of hydrogen-bond donors (Lipinski definition) is 3. The van der Waals surface area contributed by atoms with Gasteiger partial charge in [0.25, 0.3) is 5.91 Å². The first-order valence-electron chi connectivity index (χ1n) is 12.1. The summed E-state index contributed by atoms with van der Waals surface area (Å²) in [4.78, 5) is 17.9. The van der Waals surface area contributed by atoms with Crippen molar-refractivity contribution >= 4 is 28.8 Å². The van der Waals surface area contributed by atoms with Crippen LogP contribution in [0.2, 0.25) is 0 Å². The molecule has 6 nitrogen and oxygen atoms in total. The van der Waals surface area contributed by atoms with E-state index in [2.05, 4.69) is 33.7 Å². The Kier molecular flexibility index (Phi) is 14.1. The van der Waals surface area contributed by atoms with Gasteiger partial charge in [-0.05, 0) is 87.4 Å². The molecular weight excluding hydrogens is 468 g/mol. The minimum Gasteiger partial charge on any atom is -0.400 e. The zero-order valence-corrected chi connectivity index (χ0v) is 23.0. The van der Waals surface area contributed by atoms with E-state index in [9.17, 15) is 4.79 Å². The van der Waals surface area contributed by atoms with Crippen molar-refractivity contribution in [2.45, 2.75) is 52.0 Å². The average molecular weight is 507 g/mol. The molecule has 1 aromatic carbocycles. The number of allylic oxidation sites excluding steroid dienone is 6. The van der Waals surface area contributed by atoms with Gasteiger partial charge in [-0.3, -0.25) is 9.52 Å². The molecule has 0 bridgehead atoms. The number of carbonyl (C=O) groups is 1. The summed E-state index contributed by atoms with van der Waals surface area (Å²) in [5.41, 5.74) is 4.80. The second kappa shape index (κ2) is 16.5. The molecule has 0 spiro atoms. The third-order valence-corrected chi connectivity index (χ3v) is 6.07. The molecule has 1 atom stereocenters. The lowest BCUT2D eigenvalue weighted by Crippen LogP contribution is -2.25. The number of pyridine rings is 1. The highest BCUT2D eigenvalue weighted by atomic mass is 32.2. The van der Waals surface area contributed by atoms with Gasteiger partial charge in [0.05, 0.1) is 17.1 Å². The molecule has 1 aromatic heterocycles. The lowest BCUT2D eigenvalue weighted by atomic mass is 9.91. The van der Waals surface area contributed by atoms with Crippen LogP contribution < -0.4 is 10.0 Å². The van der Waals surface area contributed by atoms with Crippen molar-refractivity contribution in [3.63, 3.8) is 0 Å². The number of para-hydroxylation sites is 1. The topological polar surface area (TPSA) is 98.0 Å². The summed E-state index contributed by atoms with van der Waals surface area (Å²) in [5.74, 6) is 0.229. The molecule has 3 N–H and O–H groups in total. The first-order valence-corrected chi connectivity index (χ1v) is 12.9. The average Bonchev–Trinajstić information content (AvgIpc) is 2.92. The number of aliphatic hydroxyl groups excluding tert-OH is 1. The number of benzene rings is 1. The van der Waals surface area contributed by atoms with Crippen LogP contribution in [-0.4, -0.2) is 30.2 Å². The first-order chi connectivity index (χ1) is 17.4. The number of aliphatic hydroxyl groups is 1. The normalized spacial score (nSPS) is 14.7. The molecule has 0 saturated heterocycles. The van der Waals surface area contributed by atoms with Crippen molar-refractivity contribution in [1.82, 2.24) is 15.0 Å². The molecule has 1 amide bonds. The highest BCUT2D eigenvalue weighted by Crippen LogP contribution is 2.26. The van der Waals surface area contributed by atoms with Crippen molar-refractivity contribution in [2.24, 2.45) is 5.92 Å². The summed E-state index contributed by atoms with van der Waals surface area (Å²) in [6.45, 7) is 12.0. The van der Waals surface area contributed by atoms with Crippen LogP contribution >= 0.6 is 11.9 Å². The minimum absolute atomic E-state index is 0.168. The maximum atomic E-state index is 13.3. The molecule has 1 aliphatic carbocycles. The molecule has 1 unspecified atom stereocenters. The van der Waals surface area contributed by atoms with Gasteiger partial charge >= 0.3 is 0 Å². The van der Waals surface area contributed by atoms with Gasteiger partial charge in [0.15, 0.2) is 0 Å². The zero-order valence-electron chi connectivity index (χ0n) is 22.2. The van der Waals surface area contributed by atoms with Crippen LogP contribution in [0.5, 0.6) is 0 Å². The largest absolute Gasteiger partial charge is 0.400 e. The van der Waals surface area contributed by atoms with Crippen LogP contribution in [-0.2, 0) is 0 Å². The van der Waals surface area contributed by atoms with Gasteiger partial charge in [0.1, 0.15) is 5.03 Å². The number of hydrogen-bond acceptors (Lipinski definition) is 6. The SMILES string of the molecule is C=C(C)/C(NC(=O)c1cc(SNC)nc2ccccc12)=C(/C)CCC1C=CC(C#N)=CC1.CC.CO. The molecule has 0 saturated carbocycles. The number of amides is 1.